The molecular formula is C21H24Cl2N2O5S. The molecule has 1 saturated heterocycles. The summed E-state index contributed by atoms with van der Waals surface area (Å²) in [4.78, 5) is 14.2. The van der Waals surface area contributed by atoms with E-state index in [1.54, 1.807) is 7.05 Å². The van der Waals surface area contributed by atoms with Crippen LogP contribution < -0.4 is 4.74 Å². The normalized spacial score (nSPS) is 15.0. The lowest BCUT2D eigenvalue weighted by Crippen LogP contribution is -2.40. The number of carbonyl (C=O) groups is 1. The lowest BCUT2D eigenvalue weighted by molar-refractivity contribution is 0.0730. The van der Waals surface area contributed by atoms with E-state index >= 15 is 0 Å². The van der Waals surface area contributed by atoms with Crippen LogP contribution in [0.25, 0.3) is 0 Å². The molecule has 0 atom stereocenters. The van der Waals surface area contributed by atoms with Gasteiger partial charge < -0.3 is 14.4 Å². The fourth-order valence-corrected chi connectivity index (χ4v) is 5.30. The number of ether oxygens (including phenoxy) is 2. The summed E-state index contributed by atoms with van der Waals surface area (Å²) < 4.78 is 38.2. The third-order valence-electron chi connectivity index (χ3n) is 4.90. The molecule has 168 valence electrons. The van der Waals surface area contributed by atoms with Gasteiger partial charge in [-0.15, -0.1) is 0 Å². The van der Waals surface area contributed by atoms with E-state index in [1.165, 1.54) is 21.3 Å². The minimum atomic E-state index is -3.88. The molecule has 0 N–H and O–H groups in total. The molecule has 0 spiro atoms. The topological polar surface area (TPSA) is 76.2 Å². The van der Waals surface area contributed by atoms with Crippen LogP contribution in [0.15, 0.2) is 41.3 Å². The number of sulfonamides is 1. The number of hydrogen-bond donors (Lipinski definition) is 0. The Kier molecular flexibility index (Phi) is 7.82. The highest BCUT2D eigenvalue weighted by atomic mass is 35.5. The van der Waals surface area contributed by atoms with Crippen molar-refractivity contribution in [1.82, 2.24) is 9.21 Å². The summed E-state index contributed by atoms with van der Waals surface area (Å²) in [5.74, 6) is 0.280. The van der Waals surface area contributed by atoms with Crippen molar-refractivity contribution in [2.45, 2.75) is 11.8 Å². The molecule has 3 rings (SSSR count). The quantitative estimate of drug-likeness (QED) is 0.598. The zero-order chi connectivity index (χ0) is 22.6. The van der Waals surface area contributed by atoms with Crippen LogP contribution in [0.2, 0.25) is 10.0 Å². The molecule has 0 aromatic heterocycles. The van der Waals surface area contributed by atoms with Crippen LogP contribution in [0.4, 0.5) is 0 Å². The first-order valence-corrected chi connectivity index (χ1v) is 11.9. The highest BCUT2D eigenvalue weighted by Gasteiger charge is 2.30. The Hall–Kier alpha value is -1.84. The van der Waals surface area contributed by atoms with Crippen molar-refractivity contribution in [1.29, 1.82) is 0 Å². The largest absolute Gasteiger partial charge is 0.492 e. The zero-order valence-corrected chi connectivity index (χ0v) is 19.6. The SMILES string of the molecule is Cc1ccc(OCCN(C)C(=O)c2cc(S(=O)(=O)N3CCOCC3)c(Cl)cc2Cl)cc1. The number of hydrogen-bond acceptors (Lipinski definition) is 5. The summed E-state index contributed by atoms with van der Waals surface area (Å²) in [5.41, 5.74) is 1.19. The third-order valence-corrected chi connectivity index (χ3v) is 7.58. The fourth-order valence-electron chi connectivity index (χ4n) is 3.06. The average Bonchev–Trinajstić information content (AvgIpc) is 2.75. The monoisotopic (exact) mass is 486 g/mol. The lowest BCUT2D eigenvalue weighted by Gasteiger charge is -2.27. The fraction of sp³-hybridized carbons (Fsp3) is 0.381. The molecule has 1 heterocycles. The minimum absolute atomic E-state index is 0.0293. The van der Waals surface area contributed by atoms with E-state index in [1.807, 2.05) is 31.2 Å². The maximum absolute atomic E-state index is 13.0. The molecule has 10 heteroatoms. The molecule has 1 fully saturated rings. The first-order valence-electron chi connectivity index (χ1n) is 9.72. The zero-order valence-electron chi connectivity index (χ0n) is 17.3. The lowest BCUT2D eigenvalue weighted by atomic mass is 10.2. The van der Waals surface area contributed by atoms with Crippen LogP contribution in [-0.2, 0) is 14.8 Å². The van der Waals surface area contributed by atoms with Gasteiger partial charge in [-0.1, -0.05) is 40.9 Å². The Morgan fingerprint density at radius 2 is 1.77 bits per heavy atom. The molecule has 1 aliphatic rings. The van der Waals surface area contributed by atoms with Gasteiger partial charge in [0, 0.05) is 20.1 Å². The van der Waals surface area contributed by atoms with Crippen LogP contribution in [-0.4, -0.2) is 70.0 Å². The Labute approximate surface area is 192 Å². The van der Waals surface area contributed by atoms with Crippen molar-refractivity contribution < 1.29 is 22.7 Å². The van der Waals surface area contributed by atoms with Crippen LogP contribution >= 0.6 is 23.2 Å². The molecule has 0 bridgehead atoms. The summed E-state index contributed by atoms with van der Waals surface area (Å²) in [6, 6.07) is 10.1. The Morgan fingerprint density at radius 3 is 2.42 bits per heavy atom. The predicted octanol–water partition coefficient (Wildman–Crippen LogP) is 3.47. The van der Waals surface area contributed by atoms with Gasteiger partial charge in [-0.25, -0.2) is 8.42 Å². The minimum Gasteiger partial charge on any atom is -0.492 e. The molecule has 0 unspecified atom stereocenters. The second-order valence-corrected chi connectivity index (χ2v) is 9.89. The molecule has 0 aliphatic carbocycles. The maximum atomic E-state index is 13.0. The average molecular weight is 487 g/mol. The summed E-state index contributed by atoms with van der Waals surface area (Å²) in [5, 5.41) is 0.0561. The van der Waals surface area contributed by atoms with Gasteiger partial charge in [0.15, 0.2) is 0 Å². The van der Waals surface area contributed by atoms with Crippen molar-refractivity contribution in [2.24, 2.45) is 0 Å². The Morgan fingerprint density at radius 1 is 1.13 bits per heavy atom. The predicted molar refractivity (Wildman–Crippen MR) is 120 cm³/mol. The van der Waals surface area contributed by atoms with Gasteiger partial charge in [0.1, 0.15) is 17.3 Å². The number of aryl methyl sites for hydroxylation is 1. The molecule has 1 aliphatic heterocycles. The summed E-state index contributed by atoms with van der Waals surface area (Å²) in [6.45, 7) is 3.60. The molecule has 0 saturated carbocycles. The van der Waals surface area contributed by atoms with Crippen LogP contribution in [0.5, 0.6) is 5.75 Å². The van der Waals surface area contributed by atoms with Crippen molar-refractivity contribution >= 4 is 39.1 Å². The second-order valence-electron chi connectivity index (χ2n) is 7.17. The van der Waals surface area contributed by atoms with E-state index in [2.05, 4.69) is 0 Å². The number of likely N-dealkylation sites (N-methyl/N-ethyl adjacent to an activating group) is 1. The summed E-state index contributed by atoms with van der Waals surface area (Å²) in [7, 11) is -2.28. The van der Waals surface area contributed by atoms with Gasteiger partial charge in [-0.2, -0.15) is 4.31 Å². The van der Waals surface area contributed by atoms with Crippen molar-refractivity contribution in [2.75, 3.05) is 46.5 Å². The van der Waals surface area contributed by atoms with Crippen molar-refractivity contribution in [3.63, 3.8) is 0 Å². The molecule has 2 aromatic carbocycles. The molecule has 0 radical (unpaired) electrons. The van der Waals surface area contributed by atoms with Crippen LogP contribution in [0.1, 0.15) is 15.9 Å². The third kappa shape index (κ3) is 5.70. The summed E-state index contributed by atoms with van der Waals surface area (Å²) >= 11 is 12.4. The van der Waals surface area contributed by atoms with E-state index in [0.29, 0.717) is 19.0 Å². The van der Waals surface area contributed by atoms with Gasteiger partial charge in [0.05, 0.1) is 35.4 Å². The number of rotatable bonds is 7. The number of benzene rings is 2. The van der Waals surface area contributed by atoms with Crippen molar-refractivity contribution in [3.05, 3.63) is 57.6 Å². The van der Waals surface area contributed by atoms with Gasteiger partial charge in [-0.3, -0.25) is 4.79 Å². The van der Waals surface area contributed by atoms with Crippen molar-refractivity contribution in [3.8, 4) is 5.75 Å². The standard InChI is InChI=1S/C21H24Cl2N2O5S/c1-15-3-5-16(6-4-15)30-12-7-24(2)21(26)17-13-20(19(23)14-18(17)22)31(27,28)25-8-10-29-11-9-25/h3-6,13-14H,7-12H2,1-2H3. The maximum Gasteiger partial charge on any atom is 0.255 e. The highest BCUT2D eigenvalue weighted by molar-refractivity contribution is 7.89. The number of amides is 1. The van der Waals surface area contributed by atoms with E-state index in [4.69, 9.17) is 32.7 Å². The van der Waals surface area contributed by atoms with Crippen LogP contribution in [0, 0.1) is 6.92 Å². The Bertz CT molecular complexity index is 1040. The van der Waals surface area contributed by atoms with Gasteiger partial charge in [0.25, 0.3) is 5.91 Å². The second kappa shape index (κ2) is 10.2. The first-order chi connectivity index (χ1) is 14.7. The van der Waals surface area contributed by atoms with Gasteiger partial charge >= 0.3 is 0 Å². The van der Waals surface area contributed by atoms with Crippen LogP contribution in [0.3, 0.4) is 0 Å². The summed E-state index contributed by atoms with van der Waals surface area (Å²) in [6.07, 6.45) is 0. The Balaban J connectivity index is 1.74. The number of morpholine rings is 1. The smallest absolute Gasteiger partial charge is 0.255 e. The first kappa shape index (κ1) is 23.8. The molecule has 2 aromatic rings. The van der Waals surface area contributed by atoms with Gasteiger partial charge in [0.2, 0.25) is 10.0 Å². The number of nitrogens with zero attached hydrogens (tertiary/aromatic N) is 2. The van der Waals surface area contributed by atoms with E-state index < -0.39 is 15.9 Å². The molecule has 31 heavy (non-hydrogen) atoms. The number of carbonyl (C=O) groups excluding carboxylic acids is 1. The van der Waals surface area contributed by atoms with E-state index in [9.17, 15) is 13.2 Å². The highest BCUT2D eigenvalue weighted by Crippen LogP contribution is 2.31. The molecular weight excluding hydrogens is 463 g/mol. The molecule has 1 amide bonds. The molecule has 7 nitrogen and oxygen atoms in total. The van der Waals surface area contributed by atoms with Gasteiger partial charge in [-0.05, 0) is 31.2 Å². The number of halogens is 2. The van der Waals surface area contributed by atoms with E-state index in [-0.39, 0.29) is 46.7 Å². The van der Waals surface area contributed by atoms with E-state index in [0.717, 1.165) is 5.56 Å².